The molecule has 0 bridgehead atoms. The van der Waals surface area contributed by atoms with Gasteiger partial charge in [0.15, 0.2) is 0 Å². The maximum absolute atomic E-state index is 5.40. The first-order valence-electron chi connectivity index (χ1n) is 5.11. The van der Waals surface area contributed by atoms with Gasteiger partial charge in [0.25, 0.3) is 0 Å². The van der Waals surface area contributed by atoms with E-state index in [2.05, 4.69) is 23.4 Å². The Labute approximate surface area is 102 Å². The number of allylic oxidation sites excluding steroid dienone is 2. The van der Waals surface area contributed by atoms with Crippen molar-refractivity contribution in [3.63, 3.8) is 0 Å². The predicted octanol–water partition coefficient (Wildman–Crippen LogP) is 2.34. The fourth-order valence-electron chi connectivity index (χ4n) is 1.37. The van der Waals surface area contributed by atoms with Gasteiger partial charge in [0.05, 0.1) is 0 Å². The number of thiocarbonyl (C=S) groups is 1. The van der Waals surface area contributed by atoms with E-state index in [1.165, 1.54) is 0 Å². The lowest BCUT2D eigenvalue weighted by atomic mass is 10.4. The molecule has 0 spiro atoms. The van der Waals surface area contributed by atoms with Gasteiger partial charge in [-0.3, -0.25) is 0 Å². The molecule has 84 valence electrons. The summed E-state index contributed by atoms with van der Waals surface area (Å²) >= 11 is 7.04. The van der Waals surface area contributed by atoms with Crippen LogP contribution in [0.5, 0.6) is 0 Å². The van der Waals surface area contributed by atoms with Crippen molar-refractivity contribution < 1.29 is 0 Å². The van der Waals surface area contributed by atoms with Gasteiger partial charge < -0.3 is 9.80 Å². The third-order valence-corrected chi connectivity index (χ3v) is 4.03. The molecule has 0 atom stereocenters. The number of likely N-dealkylation sites (N-methyl/N-ethyl adjacent to an activating group) is 1. The lowest BCUT2D eigenvalue weighted by Crippen LogP contribution is -2.45. The molecule has 0 aromatic carbocycles. The quantitative estimate of drug-likeness (QED) is 0.541. The Morgan fingerprint density at radius 2 is 1.93 bits per heavy atom. The average Bonchev–Trinajstić information content (AvgIpc) is 2.26. The fourth-order valence-corrected chi connectivity index (χ4v) is 2.56. The van der Waals surface area contributed by atoms with Crippen LogP contribution in [0.4, 0.5) is 0 Å². The SMILES string of the molecule is C=C/C(=C/C)SC(=S)N1CCN(C)CC1. The van der Waals surface area contributed by atoms with Gasteiger partial charge in [-0.2, -0.15) is 0 Å². The van der Waals surface area contributed by atoms with E-state index in [-0.39, 0.29) is 0 Å². The molecule has 0 unspecified atom stereocenters. The summed E-state index contributed by atoms with van der Waals surface area (Å²) in [5.74, 6) is 0. The van der Waals surface area contributed by atoms with Crippen LogP contribution < -0.4 is 0 Å². The minimum Gasteiger partial charge on any atom is -0.355 e. The lowest BCUT2D eigenvalue weighted by Gasteiger charge is -2.33. The van der Waals surface area contributed by atoms with Crippen molar-refractivity contribution >= 4 is 28.3 Å². The molecule has 0 amide bonds. The lowest BCUT2D eigenvalue weighted by molar-refractivity contribution is 0.220. The molecule has 1 rings (SSSR count). The van der Waals surface area contributed by atoms with Crippen molar-refractivity contribution in [1.29, 1.82) is 0 Å². The van der Waals surface area contributed by atoms with Crippen LogP contribution in [0.15, 0.2) is 23.6 Å². The highest BCUT2D eigenvalue weighted by atomic mass is 32.2. The Hall–Kier alpha value is -0.320. The first-order valence-corrected chi connectivity index (χ1v) is 6.34. The minimum atomic E-state index is 0.969. The van der Waals surface area contributed by atoms with E-state index in [1.807, 2.05) is 19.1 Å². The molecular formula is C11H18N2S2. The molecule has 0 radical (unpaired) electrons. The number of rotatable bonds is 2. The van der Waals surface area contributed by atoms with Crippen LogP contribution in [0.2, 0.25) is 0 Å². The van der Waals surface area contributed by atoms with Crippen LogP contribution >= 0.6 is 24.0 Å². The van der Waals surface area contributed by atoms with E-state index in [4.69, 9.17) is 12.2 Å². The van der Waals surface area contributed by atoms with Crippen molar-refractivity contribution in [3.05, 3.63) is 23.6 Å². The molecule has 1 aliphatic rings. The number of hydrogen-bond acceptors (Lipinski definition) is 3. The molecule has 4 heteroatoms. The summed E-state index contributed by atoms with van der Waals surface area (Å²) in [5, 5.41) is 0. The Balaban J connectivity index is 2.44. The maximum Gasteiger partial charge on any atom is 0.141 e. The molecule has 0 saturated carbocycles. The number of hydrogen-bond donors (Lipinski definition) is 0. The zero-order valence-corrected chi connectivity index (χ0v) is 11.0. The number of nitrogens with zero attached hydrogens (tertiary/aromatic N) is 2. The van der Waals surface area contributed by atoms with Gasteiger partial charge >= 0.3 is 0 Å². The summed E-state index contributed by atoms with van der Waals surface area (Å²) in [7, 11) is 2.15. The van der Waals surface area contributed by atoms with Crippen LogP contribution in [0.1, 0.15) is 6.92 Å². The van der Waals surface area contributed by atoms with Crippen molar-refractivity contribution in [1.82, 2.24) is 9.80 Å². The Morgan fingerprint density at radius 3 is 2.40 bits per heavy atom. The second-order valence-corrected chi connectivity index (χ2v) is 5.26. The molecule has 0 aliphatic carbocycles. The summed E-state index contributed by atoms with van der Waals surface area (Å²) in [6, 6.07) is 0. The third-order valence-electron chi connectivity index (χ3n) is 2.45. The summed E-state index contributed by atoms with van der Waals surface area (Å²) in [6.45, 7) is 10.0. The van der Waals surface area contributed by atoms with E-state index in [0.29, 0.717) is 0 Å². The standard InChI is InChI=1S/C11H18N2S2/c1-4-10(5-2)15-11(14)13-8-6-12(3)7-9-13/h4-5H,1,6-9H2,2-3H3/b10-5-. The summed E-state index contributed by atoms with van der Waals surface area (Å²) in [4.78, 5) is 5.74. The minimum absolute atomic E-state index is 0.969. The van der Waals surface area contributed by atoms with Crippen LogP contribution in [-0.2, 0) is 0 Å². The summed E-state index contributed by atoms with van der Waals surface area (Å²) in [5.41, 5.74) is 0. The van der Waals surface area contributed by atoms with Crippen molar-refractivity contribution in [3.8, 4) is 0 Å². The number of piperazine rings is 1. The summed E-state index contributed by atoms with van der Waals surface area (Å²) < 4.78 is 0.969. The van der Waals surface area contributed by atoms with Gasteiger partial charge in [0, 0.05) is 31.1 Å². The molecule has 1 fully saturated rings. The molecule has 15 heavy (non-hydrogen) atoms. The fraction of sp³-hybridized carbons (Fsp3) is 0.545. The van der Waals surface area contributed by atoms with E-state index >= 15 is 0 Å². The Morgan fingerprint density at radius 1 is 1.33 bits per heavy atom. The van der Waals surface area contributed by atoms with Gasteiger partial charge in [-0.15, -0.1) is 0 Å². The first kappa shape index (κ1) is 12.7. The third kappa shape index (κ3) is 3.97. The van der Waals surface area contributed by atoms with Crippen molar-refractivity contribution in [2.45, 2.75) is 6.92 Å². The first-order chi connectivity index (χ1) is 7.17. The van der Waals surface area contributed by atoms with Crippen LogP contribution in [-0.4, -0.2) is 47.3 Å². The molecule has 1 aliphatic heterocycles. The van der Waals surface area contributed by atoms with Crippen molar-refractivity contribution in [2.24, 2.45) is 0 Å². The van der Waals surface area contributed by atoms with Crippen LogP contribution in [0.3, 0.4) is 0 Å². The molecule has 1 heterocycles. The molecule has 0 aromatic rings. The zero-order valence-electron chi connectivity index (χ0n) is 9.40. The van der Waals surface area contributed by atoms with Gasteiger partial charge in [0.1, 0.15) is 4.32 Å². The molecule has 1 saturated heterocycles. The van der Waals surface area contributed by atoms with Crippen LogP contribution in [0.25, 0.3) is 0 Å². The Kier molecular flexibility index (Phi) is 5.36. The smallest absolute Gasteiger partial charge is 0.141 e. The van der Waals surface area contributed by atoms with Gasteiger partial charge in [-0.1, -0.05) is 42.7 Å². The maximum atomic E-state index is 5.40. The second-order valence-electron chi connectivity index (χ2n) is 3.55. The molecule has 0 N–H and O–H groups in total. The molecule has 0 aromatic heterocycles. The topological polar surface area (TPSA) is 6.48 Å². The van der Waals surface area contributed by atoms with E-state index < -0.39 is 0 Å². The van der Waals surface area contributed by atoms with Gasteiger partial charge in [-0.25, -0.2) is 0 Å². The summed E-state index contributed by atoms with van der Waals surface area (Å²) in [6.07, 6.45) is 3.90. The highest BCUT2D eigenvalue weighted by Crippen LogP contribution is 2.21. The van der Waals surface area contributed by atoms with E-state index in [0.717, 1.165) is 35.4 Å². The normalized spacial score (nSPS) is 19.1. The zero-order chi connectivity index (χ0) is 11.3. The van der Waals surface area contributed by atoms with Crippen LogP contribution in [0, 0.1) is 0 Å². The van der Waals surface area contributed by atoms with Crippen molar-refractivity contribution in [2.75, 3.05) is 33.2 Å². The molecule has 2 nitrogen and oxygen atoms in total. The Bertz CT molecular complexity index is 266. The van der Waals surface area contributed by atoms with E-state index in [9.17, 15) is 0 Å². The highest BCUT2D eigenvalue weighted by molar-refractivity contribution is 8.25. The van der Waals surface area contributed by atoms with E-state index in [1.54, 1.807) is 11.8 Å². The highest BCUT2D eigenvalue weighted by Gasteiger charge is 2.16. The monoisotopic (exact) mass is 242 g/mol. The average molecular weight is 242 g/mol. The molecular weight excluding hydrogens is 224 g/mol. The second kappa shape index (κ2) is 6.30. The predicted molar refractivity (Wildman–Crippen MR) is 73.2 cm³/mol. The number of thioether (sulfide) groups is 1. The van der Waals surface area contributed by atoms with Gasteiger partial charge in [0.2, 0.25) is 0 Å². The largest absolute Gasteiger partial charge is 0.355 e. The van der Waals surface area contributed by atoms with Gasteiger partial charge in [-0.05, 0) is 14.0 Å².